The first kappa shape index (κ1) is 16.3. The number of aryl methyl sites for hydroxylation is 1. The minimum Gasteiger partial charge on any atom is -0.309 e. The van der Waals surface area contributed by atoms with Crippen LogP contribution in [0.1, 0.15) is 56.4 Å². The molecule has 2 saturated carbocycles. The van der Waals surface area contributed by atoms with Crippen LogP contribution in [0, 0.1) is 11.7 Å². The summed E-state index contributed by atoms with van der Waals surface area (Å²) >= 11 is 0. The molecule has 0 aliphatic heterocycles. The summed E-state index contributed by atoms with van der Waals surface area (Å²) < 4.78 is 15.1. The van der Waals surface area contributed by atoms with E-state index in [9.17, 15) is 9.18 Å². The van der Waals surface area contributed by atoms with Crippen molar-refractivity contribution in [2.24, 2.45) is 13.0 Å². The van der Waals surface area contributed by atoms with E-state index in [4.69, 9.17) is 0 Å². The second-order valence-corrected chi connectivity index (χ2v) is 7.42. The van der Waals surface area contributed by atoms with Gasteiger partial charge in [-0.05, 0) is 61.8 Å². The van der Waals surface area contributed by atoms with Crippen LogP contribution >= 0.6 is 0 Å². The lowest BCUT2D eigenvalue weighted by Gasteiger charge is -2.27. The lowest BCUT2D eigenvalue weighted by molar-refractivity contribution is -0.117. The normalized spacial score (nSPS) is 17.8. The first-order valence-electron chi connectivity index (χ1n) is 9.24. The van der Waals surface area contributed by atoms with Crippen molar-refractivity contribution in [1.82, 2.24) is 9.78 Å². The Balaban J connectivity index is 1.65. The van der Waals surface area contributed by atoms with Gasteiger partial charge in [-0.2, -0.15) is 5.10 Å². The van der Waals surface area contributed by atoms with Crippen molar-refractivity contribution in [3.8, 4) is 11.3 Å². The minimum atomic E-state index is -0.245. The third-order valence-electron chi connectivity index (χ3n) is 5.67. The van der Waals surface area contributed by atoms with E-state index in [0.29, 0.717) is 24.1 Å². The van der Waals surface area contributed by atoms with E-state index < -0.39 is 0 Å². The maximum Gasteiger partial charge on any atom is 0.225 e. The molecule has 1 amide bonds. The molecule has 4 rings (SSSR count). The predicted molar refractivity (Wildman–Crippen MR) is 95.8 cm³/mol. The third-order valence-corrected chi connectivity index (χ3v) is 5.67. The molecule has 132 valence electrons. The zero-order valence-corrected chi connectivity index (χ0v) is 14.6. The van der Waals surface area contributed by atoms with Crippen LogP contribution in [0.5, 0.6) is 0 Å². The van der Waals surface area contributed by atoms with Crippen molar-refractivity contribution >= 4 is 11.7 Å². The van der Waals surface area contributed by atoms with Gasteiger partial charge in [0.2, 0.25) is 5.91 Å². The van der Waals surface area contributed by atoms with Gasteiger partial charge in [0.15, 0.2) is 5.82 Å². The molecule has 4 nitrogen and oxygen atoms in total. The van der Waals surface area contributed by atoms with Crippen molar-refractivity contribution < 1.29 is 9.18 Å². The SMILES string of the molecule is Cn1nc(NC(=O)CC2CCC2)c(C2CCC2)c1-c1ccc(F)cc1. The number of nitrogens with one attached hydrogen (secondary N) is 1. The van der Waals surface area contributed by atoms with Crippen molar-refractivity contribution in [3.63, 3.8) is 0 Å². The molecule has 0 unspecified atom stereocenters. The number of halogens is 1. The van der Waals surface area contributed by atoms with Gasteiger partial charge in [-0.3, -0.25) is 9.48 Å². The molecule has 2 fully saturated rings. The Morgan fingerprint density at radius 1 is 1.20 bits per heavy atom. The Morgan fingerprint density at radius 3 is 2.44 bits per heavy atom. The molecule has 5 heteroatoms. The lowest BCUT2D eigenvalue weighted by atomic mass is 9.78. The van der Waals surface area contributed by atoms with Crippen molar-refractivity contribution in [1.29, 1.82) is 0 Å². The Hall–Kier alpha value is -2.17. The van der Waals surface area contributed by atoms with Gasteiger partial charge >= 0.3 is 0 Å². The fourth-order valence-corrected chi connectivity index (χ4v) is 3.81. The molecule has 1 aromatic carbocycles. The van der Waals surface area contributed by atoms with Gasteiger partial charge in [0, 0.05) is 24.6 Å². The van der Waals surface area contributed by atoms with Gasteiger partial charge in [-0.15, -0.1) is 0 Å². The highest BCUT2D eigenvalue weighted by molar-refractivity contribution is 5.92. The second-order valence-electron chi connectivity index (χ2n) is 7.42. The number of carbonyl (C=O) groups is 1. The highest BCUT2D eigenvalue weighted by Gasteiger charge is 2.30. The Kier molecular flexibility index (Phi) is 4.32. The molecule has 1 N–H and O–H groups in total. The van der Waals surface area contributed by atoms with Gasteiger partial charge < -0.3 is 5.32 Å². The van der Waals surface area contributed by atoms with Gasteiger partial charge in [-0.25, -0.2) is 4.39 Å². The topological polar surface area (TPSA) is 46.9 Å². The number of amides is 1. The van der Waals surface area contributed by atoms with Gasteiger partial charge in [0.05, 0.1) is 5.69 Å². The average molecular weight is 341 g/mol. The summed E-state index contributed by atoms with van der Waals surface area (Å²) in [6.45, 7) is 0. The number of aromatic nitrogens is 2. The Labute approximate surface area is 147 Å². The molecule has 2 aliphatic carbocycles. The predicted octanol–water partition coefficient (Wildman–Crippen LogP) is 4.62. The van der Waals surface area contributed by atoms with E-state index in [1.165, 1.54) is 25.0 Å². The molecule has 0 bridgehead atoms. The zero-order valence-electron chi connectivity index (χ0n) is 14.6. The number of hydrogen-bond donors (Lipinski definition) is 1. The highest BCUT2D eigenvalue weighted by atomic mass is 19.1. The van der Waals surface area contributed by atoms with Crippen LogP contribution in [0.25, 0.3) is 11.3 Å². The van der Waals surface area contributed by atoms with Crippen LogP contribution in [0.3, 0.4) is 0 Å². The number of anilines is 1. The summed E-state index contributed by atoms with van der Waals surface area (Å²) in [4.78, 5) is 12.4. The average Bonchev–Trinajstić information content (AvgIpc) is 2.79. The molecule has 25 heavy (non-hydrogen) atoms. The highest BCUT2D eigenvalue weighted by Crippen LogP contribution is 2.44. The van der Waals surface area contributed by atoms with E-state index >= 15 is 0 Å². The minimum absolute atomic E-state index is 0.0639. The number of nitrogens with zero attached hydrogens (tertiary/aromatic N) is 2. The molecular weight excluding hydrogens is 317 g/mol. The second kappa shape index (κ2) is 6.62. The largest absolute Gasteiger partial charge is 0.309 e. The van der Waals surface area contributed by atoms with Crippen LogP contribution in [-0.2, 0) is 11.8 Å². The molecule has 2 aromatic rings. The van der Waals surface area contributed by atoms with Gasteiger partial charge in [0.1, 0.15) is 5.82 Å². The van der Waals surface area contributed by atoms with Crippen LogP contribution in [-0.4, -0.2) is 15.7 Å². The van der Waals surface area contributed by atoms with Crippen molar-refractivity contribution in [2.75, 3.05) is 5.32 Å². The molecular formula is C20H24FN3O. The number of carbonyl (C=O) groups excluding carboxylic acids is 1. The summed E-state index contributed by atoms with van der Waals surface area (Å²) in [5, 5.41) is 7.65. The summed E-state index contributed by atoms with van der Waals surface area (Å²) in [5.41, 5.74) is 3.05. The fourth-order valence-electron chi connectivity index (χ4n) is 3.81. The van der Waals surface area contributed by atoms with Crippen molar-refractivity contribution in [3.05, 3.63) is 35.6 Å². The summed E-state index contributed by atoms with van der Waals surface area (Å²) in [6, 6.07) is 6.52. The quantitative estimate of drug-likeness (QED) is 0.862. The Morgan fingerprint density at radius 2 is 1.88 bits per heavy atom. The maximum absolute atomic E-state index is 13.3. The third kappa shape index (κ3) is 3.20. The van der Waals surface area contributed by atoms with Crippen molar-refractivity contribution in [2.45, 2.75) is 50.9 Å². The smallest absolute Gasteiger partial charge is 0.225 e. The number of benzene rings is 1. The fraction of sp³-hybridized carbons (Fsp3) is 0.500. The molecule has 1 aromatic heterocycles. The molecule has 0 spiro atoms. The summed E-state index contributed by atoms with van der Waals surface area (Å²) in [7, 11) is 1.89. The van der Waals surface area contributed by atoms with E-state index in [2.05, 4.69) is 10.4 Å². The summed E-state index contributed by atoms with van der Waals surface area (Å²) in [6.07, 6.45) is 7.59. The van der Waals surface area contributed by atoms with E-state index in [1.807, 2.05) is 11.7 Å². The number of hydrogen-bond acceptors (Lipinski definition) is 2. The maximum atomic E-state index is 13.3. The number of rotatable bonds is 5. The van der Waals surface area contributed by atoms with E-state index in [1.54, 1.807) is 12.1 Å². The zero-order chi connectivity index (χ0) is 17.4. The molecule has 0 atom stereocenters. The molecule has 2 aliphatic rings. The molecule has 1 heterocycles. The van der Waals surface area contributed by atoms with E-state index in [0.717, 1.165) is 42.5 Å². The first-order valence-corrected chi connectivity index (χ1v) is 9.24. The first-order chi connectivity index (χ1) is 12.1. The molecule has 0 radical (unpaired) electrons. The van der Waals surface area contributed by atoms with Crippen LogP contribution < -0.4 is 5.32 Å². The lowest BCUT2D eigenvalue weighted by Crippen LogP contribution is -2.22. The molecule has 0 saturated heterocycles. The van der Waals surface area contributed by atoms with Crippen LogP contribution in [0.15, 0.2) is 24.3 Å². The summed E-state index contributed by atoms with van der Waals surface area (Å²) in [5.74, 6) is 1.47. The van der Waals surface area contributed by atoms with Gasteiger partial charge in [-0.1, -0.05) is 12.8 Å². The van der Waals surface area contributed by atoms with Gasteiger partial charge in [0.25, 0.3) is 0 Å². The van der Waals surface area contributed by atoms with Crippen LogP contribution in [0.2, 0.25) is 0 Å². The Bertz CT molecular complexity index is 773. The van der Waals surface area contributed by atoms with Crippen LogP contribution in [0.4, 0.5) is 10.2 Å². The van der Waals surface area contributed by atoms with E-state index in [-0.39, 0.29) is 11.7 Å². The standard InChI is InChI=1S/C20H24FN3O/c1-24-19(15-8-10-16(21)11-9-15)18(14-6-3-7-14)20(23-24)22-17(25)12-13-4-2-5-13/h8-11,13-14H,2-7,12H2,1H3,(H,22,23,25). The monoisotopic (exact) mass is 341 g/mol.